The van der Waals surface area contributed by atoms with Crippen molar-refractivity contribution < 1.29 is 8.81 Å². The lowest BCUT2D eigenvalue weighted by molar-refractivity contribution is 0.465. The van der Waals surface area contributed by atoms with Gasteiger partial charge in [-0.15, -0.1) is 0 Å². The van der Waals surface area contributed by atoms with Gasteiger partial charge in [0.05, 0.1) is 6.20 Å². The van der Waals surface area contributed by atoms with E-state index in [1.165, 1.54) is 23.9 Å². The van der Waals surface area contributed by atoms with Gasteiger partial charge >= 0.3 is 0 Å². The largest absolute Gasteiger partial charge is 0.431 e. The molecule has 130 valence electrons. The lowest BCUT2D eigenvalue weighted by Crippen LogP contribution is -2.15. The average Bonchev–Trinajstić information content (AvgIpc) is 3.03. The van der Waals surface area contributed by atoms with Crippen LogP contribution in [0.1, 0.15) is 25.6 Å². The number of anilines is 1. The Kier molecular flexibility index (Phi) is 4.98. The normalized spacial score (nSPS) is 11.1. The van der Waals surface area contributed by atoms with E-state index in [0.29, 0.717) is 27.9 Å². The molecule has 0 N–H and O–H groups in total. The van der Waals surface area contributed by atoms with Gasteiger partial charge in [0.15, 0.2) is 5.76 Å². The molecule has 3 rings (SSSR count). The highest BCUT2D eigenvalue weighted by Gasteiger charge is 2.15. The van der Waals surface area contributed by atoms with Gasteiger partial charge in [0, 0.05) is 37.3 Å². The summed E-state index contributed by atoms with van der Waals surface area (Å²) in [5.41, 5.74) is 0.758. The molecule has 0 aliphatic carbocycles. The van der Waals surface area contributed by atoms with E-state index >= 15 is 0 Å². The summed E-state index contributed by atoms with van der Waals surface area (Å²) in [7, 11) is 3.76. The van der Waals surface area contributed by atoms with Crippen LogP contribution in [0.2, 0.25) is 0 Å². The molecule has 0 amide bonds. The van der Waals surface area contributed by atoms with Gasteiger partial charge in [0.25, 0.3) is 5.22 Å². The van der Waals surface area contributed by atoms with Crippen LogP contribution in [0.5, 0.6) is 0 Å². The number of nitrogens with zero attached hydrogens (tertiary/aromatic N) is 5. The summed E-state index contributed by atoms with van der Waals surface area (Å²) in [4.78, 5) is 19.4. The van der Waals surface area contributed by atoms with Gasteiger partial charge in [0.1, 0.15) is 11.6 Å². The van der Waals surface area contributed by atoms with Crippen molar-refractivity contribution in [2.24, 2.45) is 0 Å². The second-order valence-electron chi connectivity index (χ2n) is 5.92. The Bertz CT molecular complexity index is 837. The summed E-state index contributed by atoms with van der Waals surface area (Å²) < 4.78 is 18.8. The Hall–Kier alpha value is -2.48. The fourth-order valence-corrected chi connectivity index (χ4v) is 2.66. The van der Waals surface area contributed by atoms with Gasteiger partial charge in [0.2, 0.25) is 11.1 Å². The van der Waals surface area contributed by atoms with Crippen LogP contribution < -0.4 is 4.90 Å². The third-order valence-corrected chi connectivity index (χ3v) is 4.06. The summed E-state index contributed by atoms with van der Waals surface area (Å²) in [6, 6.07) is 6.06. The molecule has 0 fully saturated rings. The Labute approximate surface area is 149 Å². The molecule has 0 unspecified atom stereocenters. The molecule has 2 heterocycles. The maximum absolute atomic E-state index is 13.0. The molecule has 3 aromatic rings. The molecule has 6 nitrogen and oxygen atoms in total. The highest BCUT2D eigenvalue weighted by Crippen LogP contribution is 2.30. The van der Waals surface area contributed by atoms with Crippen molar-refractivity contribution in [2.75, 3.05) is 19.0 Å². The SMILES string of the molecule is CC(C)c1nc(Sc2ncc(-c3ccc(F)cc3)o2)nc(N(C)C)n1. The van der Waals surface area contributed by atoms with Crippen LogP contribution in [0.15, 0.2) is 45.3 Å². The fraction of sp³-hybridized carbons (Fsp3) is 0.294. The number of hydrogen-bond donors (Lipinski definition) is 0. The summed E-state index contributed by atoms with van der Waals surface area (Å²) in [5.74, 6) is 1.76. The van der Waals surface area contributed by atoms with Gasteiger partial charge in [-0.3, -0.25) is 0 Å². The zero-order valence-electron chi connectivity index (χ0n) is 14.4. The lowest BCUT2D eigenvalue weighted by Gasteiger charge is -2.13. The third kappa shape index (κ3) is 4.14. The number of rotatable bonds is 5. The second-order valence-corrected chi connectivity index (χ2v) is 6.84. The maximum atomic E-state index is 13.0. The molecule has 0 saturated carbocycles. The first kappa shape index (κ1) is 17.3. The summed E-state index contributed by atoms with van der Waals surface area (Å²) in [5, 5.41) is 0.944. The molecule has 8 heteroatoms. The van der Waals surface area contributed by atoms with Crippen LogP contribution in [-0.2, 0) is 0 Å². The van der Waals surface area contributed by atoms with Gasteiger partial charge in [-0.25, -0.2) is 14.4 Å². The third-order valence-electron chi connectivity index (χ3n) is 3.33. The van der Waals surface area contributed by atoms with E-state index in [1.807, 2.05) is 32.8 Å². The van der Waals surface area contributed by atoms with Crippen LogP contribution in [0, 0.1) is 5.82 Å². The zero-order valence-corrected chi connectivity index (χ0v) is 15.2. The quantitative estimate of drug-likeness (QED) is 0.682. The van der Waals surface area contributed by atoms with Gasteiger partial charge in [-0.2, -0.15) is 9.97 Å². The monoisotopic (exact) mass is 359 g/mol. The van der Waals surface area contributed by atoms with Crippen molar-refractivity contribution in [2.45, 2.75) is 30.1 Å². The molecule has 2 aromatic heterocycles. The van der Waals surface area contributed by atoms with Gasteiger partial charge in [-0.1, -0.05) is 13.8 Å². The molecule has 0 bridgehead atoms. The van der Waals surface area contributed by atoms with Crippen LogP contribution in [0.4, 0.5) is 10.3 Å². The maximum Gasteiger partial charge on any atom is 0.264 e. The molecule has 0 atom stereocenters. The van der Waals surface area contributed by atoms with Crippen molar-refractivity contribution in [1.29, 1.82) is 0 Å². The minimum absolute atomic E-state index is 0.181. The smallest absolute Gasteiger partial charge is 0.264 e. The van der Waals surface area contributed by atoms with E-state index in [1.54, 1.807) is 18.3 Å². The van der Waals surface area contributed by atoms with Crippen LogP contribution in [0.25, 0.3) is 11.3 Å². The topological polar surface area (TPSA) is 67.9 Å². The minimum Gasteiger partial charge on any atom is -0.431 e. The number of benzene rings is 1. The van der Waals surface area contributed by atoms with Crippen molar-refractivity contribution in [3.63, 3.8) is 0 Å². The summed E-state index contributed by atoms with van der Waals surface area (Å²) >= 11 is 1.23. The molecule has 0 radical (unpaired) electrons. The van der Waals surface area contributed by atoms with Crippen molar-refractivity contribution in [3.8, 4) is 11.3 Å². The predicted molar refractivity (Wildman–Crippen MR) is 94.3 cm³/mol. The molecule has 0 saturated heterocycles. The second kappa shape index (κ2) is 7.18. The Morgan fingerprint density at radius 1 is 1.08 bits per heavy atom. The van der Waals surface area contributed by atoms with Crippen molar-refractivity contribution >= 4 is 17.7 Å². The summed E-state index contributed by atoms with van der Waals surface area (Å²) in [6.45, 7) is 4.06. The number of hydrogen-bond acceptors (Lipinski definition) is 7. The van der Waals surface area contributed by atoms with Crippen molar-refractivity contribution in [1.82, 2.24) is 19.9 Å². The Morgan fingerprint density at radius 3 is 2.44 bits per heavy atom. The van der Waals surface area contributed by atoms with Gasteiger partial charge in [-0.05, 0) is 24.3 Å². The molecular formula is C17H18FN5OS. The minimum atomic E-state index is -0.291. The highest BCUT2D eigenvalue weighted by atomic mass is 32.2. The first-order valence-electron chi connectivity index (χ1n) is 7.75. The van der Waals surface area contributed by atoms with Crippen LogP contribution in [0.3, 0.4) is 0 Å². The van der Waals surface area contributed by atoms with E-state index in [4.69, 9.17) is 4.42 Å². The zero-order chi connectivity index (χ0) is 18.0. The number of halogens is 1. The fourth-order valence-electron chi connectivity index (χ4n) is 2.00. The van der Waals surface area contributed by atoms with Gasteiger partial charge < -0.3 is 9.32 Å². The number of oxazole rings is 1. The lowest BCUT2D eigenvalue weighted by atomic mass is 10.2. The Balaban J connectivity index is 1.86. The molecule has 0 spiro atoms. The first-order chi connectivity index (χ1) is 11.9. The van der Waals surface area contributed by atoms with E-state index in [0.717, 1.165) is 5.56 Å². The molecule has 0 aliphatic heterocycles. The standard InChI is InChI=1S/C17H18FN5OS/c1-10(2)14-20-15(23(3)4)22-16(21-14)25-17-19-9-13(24-17)11-5-7-12(18)8-6-11/h5-10H,1-4H3. The van der Waals surface area contributed by atoms with E-state index in [-0.39, 0.29) is 11.7 Å². The Morgan fingerprint density at radius 2 is 1.80 bits per heavy atom. The molecule has 25 heavy (non-hydrogen) atoms. The number of aromatic nitrogens is 4. The van der Waals surface area contributed by atoms with Crippen LogP contribution in [-0.4, -0.2) is 34.0 Å². The van der Waals surface area contributed by atoms with Crippen molar-refractivity contribution in [3.05, 3.63) is 42.1 Å². The van der Waals surface area contributed by atoms with E-state index < -0.39 is 0 Å². The van der Waals surface area contributed by atoms with E-state index in [2.05, 4.69) is 19.9 Å². The predicted octanol–water partition coefficient (Wildman–Crippen LogP) is 4.01. The van der Waals surface area contributed by atoms with E-state index in [9.17, 15) is 4.39 Å². The molecule has 0 aliphatic rings. The molecular weight excluding hydrogens is 341 g/mol. The highest BCUT2D eigenvalue weighted by molar-refractivity contribution is 7.98. The van der Waals surface area contributed by atoms with Crippen LogP contribution >= 0.6 is 11.8 Å². The summed E-state index contributed by atoms with van der Waals surface area (Å²) in [6.07, 6.45) is 1.60. The first-order valence-corrected chi connectivity index (χ1v) is 8.57. The molecule has 1 aromatic carbocycles. The average molecular weight is 359 g/mol.